The fourth-order valence-electron chi connectivity index (χ4n) is 3.65. The molecule has 3 aliphatic heterocycles. The first kappa shape index (κ1) is 16.5. The van der Waals surface area contributed by atoms with Crippen LogP contribution >= 0.6 is 0 Å². The second kappa shape index (κ2) is 7.09. The van der Waals surface area contributed by atoms with Crippen molar-refractivity contribution in [2.75, 3.05) is 52.9 Å². The van der Waals surface area contributed by atoms with Crippen LogP contribution in [0, 0.1) is 0 Å². The molecule has 1 aromatic rings. The molecule has 4 rings (SSSR count). The van der Waals surface area contributed by atoms with Crippen LogP contribution in [0.15, 0.2) is 23.2 Å². The predicted octanol–water partition coefficient (Wildman–Crippen LogP) is 1.11. The lowest BCUT2D eigenvalue weighted by Crippen LogP contribution is -2.46. The summed E-state index contributed by atoms with van der Waals surface area (Å²) in [5.74, 6) is 2.23. The molecule has 7 heteroatoms. The standard InChI is InChI=1S/C18H25N3O4/c19-17(21-5-9-23-10-6-21)20-12-18(3-7-22-8-4-18)14-1-2-15-16(11-14)25-13-24-15/h1-2,11H,3-10,12-13H2,(H2,19,20). The zero-order valence-corrected chi connectivity index (χ0v) is 14.4. The number of hydrogen-bond donors (Lipinski definition) is 1. The molecule has 0 spiro atoms. The minimum absolute atomic E-state index is 0.0733. The van der Waals surface area contributed by atoms with Gasteiger partial charge in [-0.05, 0) is 30.5 Å². The molecule has 0 atom stereocenters. The van der Waals surface area contributed by atoms with Crippen LogP contribution in [-0.2, 0) is 14.9 Å². The lowest BCUT2D eigenvalue weighted by atomic mass is 9.74. The van der Waals surface area contributed by atoms with E-state index in [4.69, 9.17) is 29.7 Å². The van der Waals surface area contributed by atoms with Gasteiger partial charge < -0.3 is 29.6 Å². The van der Waals surface area contributed by atoms with Crippen LogP contribution in [0.25, 0.3) is 0 Å². The smallest absolute Gasteiger partial charge is 0.231 e. The van der Waals surface area contributed by atoms with E-state index in [1.165, 1.54) is 5.56 Å². The van der Waals surface area contributed by atoms with E-state index in [1.807, 2.05) is 6.07 Å². The summed E-state index contributed by atoms with van der Waals surface area (Å²) in [6, 6.07) is 6.21. The number of benzene rings is 1. The summed E-state index contributed by atoms with van der Waals surface area (Å²) >= 11 is 0. The van der Waals surface area contributed by atoms with Gasteiger partial charge in [-0.1, -0.05) is 6.07 Å². The first-order chi connectivity index (χ1) is 12.3. The maximum atomic E-state index is 6.24. The van der Waals surface area contributed by atoms with Gasteiger partial charge in [-0.2, -0.15) is 0 Å². The molecule has 136 valence electrons. The van der Waals surface area contributed by atoms with E-state index in [2.05, 4.69) is 17.0 Å². The molecule has 2 saturated heterocycles. The molecule has 25 heavy (non-hydrogen) atoms. The van der Waals surface area contributed by atoms with Gasteiger partial charge in [0.2, 0.25) is 6.79 Å². The van der Waals surface area contributed by atoms with Gasteiger partial charge in [-0.3, -0.25) is 4.99 Å². The highest BCUT2D eigenvalue weighted by molar-refractivity contribution is 5.78. The van der Waals surface area contributed by atoms with Gasteiger partial charge in [0.25, 0.3) is 0 Å². The van der Waals surface area contributed by atoms with Crippen molar-refractivity contribution in [1.82, 2.24) is 4.90 Å². The topological polar surface area (TPSA) is 78.5 Å². The van der Waals surface area contributed by atoms with Crippen molar-refractivity contribution in [2.24, 2.45) is 10.7 Å². The van der Waals surface area contributed by atoms with E-state index in [0.717, 1.165) is 50.6 Å². The molecule has 2 fully saturated rings. The number of fused-ring (bicyclic) bond motifs is 1. The van der Waals surface area contributed by atoms with Gasteiger partial charge in [-0.15, -0.1) is 0 Å². The van der Waals surface area contributed by atoms with Crippen molar-refractivity contribution in [1.29, 1.82) is 0 Å². The third kappa shape index (κ3) is 3.39. The molecule has 0 bridgehead atoms. The molecule has 0 aliphatic carbocycles. The summed E-state index contributed by atoms with van der Waals surface area (Å²) in [4.78, 5) is 6.84. The third-order valence-electron chi connectivity index (χ3n) is 5.31. The van der Waals surface area contributed by atoms with Gasteiger partial charge in [0, 0.05) is 31.7 Å². The van der Waals surface area contributed by atoms with E-state index >= 15 is 0 Å². The van der Waals surface area contributed by atoms with Crippen molar-refractivity contribution in [3.63, 3.8) is 0 Å². The highest BCUT2D eigenvalue weighted by Crippen LogP contribution is 2.41. The summed E-state index contributed by atoms with van der Waals surface area (Å²) in [6.07, 6.45) is 1.85. The van der Waals surface area contributed by atoms with E-state index in [0.29, 0.717) is 25.7 Å². The average molecular weight is 347 g/mol. The van der Waals surface area contributed by atoms with E-state index in [1.54, 1.807) is 0 Å². The van der Waals surface area contributed by atoms with Crippen molar-refractivity contribution in [3.05, 3.63) is 23.8 Å². The Morgan fingerprint density at radius 2 is 1.76 bits per heavy atom. The maximum Gasteiger partial charge on any atom is 0.231 e. The van der Waals surface area contributed by atoms with Crippen LogP contribution in [0.5, 0.6) is 11.5 Å². The lowest BCUT2D eigenvalue weighted by molar-refractivity contribution is 0.0524. The van der Waals surface area contributed by atoms with E-state index in [-0.39, 0.29) is 12.2 Å². The maximum absolute atomic E-state index is 6.24. The fourth-order valence-corrected chi connectivity index (χ4v) is 3.65. The Balaban J connectivity index is 1.56. The number of ether oxygens (including phenoxy) is 4. The molecule has 2 N–H and O–H groups in total. The second-order valence-electron chi connectivity index (χ2n) is 6.73. The first-order valence-corrected chi connectivity index (χ1v) is 8.87. The number of guanidine groups is 1. The van der Waals surface area contributed by atoms with Crippen molar-refractivity contribution in [3.8, 4) is 11.5 Å². The molecule has 1 aromatic carbocycles. The van der Waals surface area contributed by atoms with Crippen LogP contribution < -0.4 is 15.2 Å². The number of nitrogens with two attached hydrogens (primary N) is 1. The highest BCUT2D eigenvalue weighted by atomic mass is 16.7. The molecule has 0 aromatic heterocycles. The zero-order valence-electron chi connectivity index (χ0n) is 14.4. The van der Waals surface area contributed by atoms with Crippen molar-refractivity contribution in [2.45, 2.75) is 18.3 Å². The fraction of sp³-hybridized carbons (Fsp3) is 0.611. The van der Waals surface area contributed by atoms with Crippen LogP contribution in [0.1, 0.15) is 18.4 Å². The van der Waals surface area contributed by atoms with Crippen molar-refractivity contribution >= 4 is 5.96 Å². The predicted molar refractivity (Wildman–Crippen MR) is 93.2 cm³/mol. The monoisotopic (exact) mass is 347 g/mol. The SMILES string of the molecule is NC(=NCC1(c2ccc3c(c2)OCO3)CCOCC1)N1CCOCC1. The Morgan fingerprint density at radius 3 is 2.56 bits per heavy atom. The van der Waals surface area contributed by atoms with Gasteiger partial charge in [-0.25, -0.2) is 0 Å². The molecular weight excluding hydrogens is 322 g/mol. The van der Waals surface area contributed by atoms with Gasteiger partial charge in [0.15, 0.2) is 17.5 Å². The molecule has 0 saturated carbocycles. The molecule has 0 unspecified atom stereocenters. The Labute approximate surface area is 147 Å². The van der Waals surface area contributed by atoms with Crippen LogP contribution in [0.4, 0.5) is 0 Å². The van der Waals surface area contributed by atoms with E-state index in [9.17, 15) is 0 Å². The Morgan fingerprint density at radius 1 is 1.04 bits per heavy atom. The number of rotatable bonds is 3. The average Bonchev–Trinajstić information content (AvgIpc) is 3.15. The molecule has 7 nitrogen and oxygen atoms in total. The molecule has 0 radical (unpaired) electrons. The summed E-state index contributed by atoms with van der Waals surface area (Å²) in [6.45, 7) is 5.43. The summed E-state index contributed by atoms with van der Waals surface area (Å²) in [5, 5.41) is 0. The first-order valence-electron chi connectivity index (χ1n) is 8.87. The third-order valence-corrected chi connectivity index (χ3v) is 5.31. The van der Waals surface area contributed by atoms with Crippen LogP contribution in [0.3, 0.4) is 0 Å². The van der Waals surface area contributed by atoms with Crippen molar-refractivity contribution < 1.29 is 18.9 Å². The molecule has 0 amide bonds. The zero-order chi connectivity index (χ0) is 17.1. The number of hydrogen-bond acceptors (Lipinski definition) is 5. The quantitative estimate of drug-likeness (QED) is 0.652. The Bertz CT molecular complexity index is 637. The van der Waals surface area contributed by atoms with Crippen LogP contribution in [0.2, 0.25) is 0 Å². The summed E-state index contributed by atoms with van der Waals surface area (Å²) in [7, 11) is 0. The second-order valence-corrected chi connectivity index (χ2v) is 6.73. The van der Waals surface area contributed by atoms with Gasteiger partial charge in [0.05, 0.1) is 19.8 Å². The minimum Gasteiger partial charge on any atom is -0.454 e. The molecule has 3 aliphatic rings. The Kier molecular flexibility index (Phi) is 4.67. The normalized spacial score (nSPS) is 22.9. The van der Waals surface area contributed by atoms with Gasteiger partial charge in [0.1, 0.15) is 0 Å². The lowest BCUT2D eigenvalue weighted by Gasteiger charge is -2.37. The van der Waals surface area contributed by atoms with E-state index < -0.39 is 0 Å². The Hall–Kier alpha value is -1.99. The highest BCUT2D eigenvalue weighted by Gasteiger charge is 2.36. The number of aliphatic imine (C=N–C) groups is 1. The van der Waals surface area contributed by atoms with Crippen LogP contribution in [-0.4, -0.2) is 63.7 Å². The number of nitrogens with zero attached hydrogens (tertiary/aromatic N) is 2. The number of morpholine rings is 1. The summed E-state index contributed by atoms with van der Waals surface area (Å²) in [5.41, 5.74) is 7.38. The molecule has 3 heterocycles. The molecular formula is C18H25N3O4. The largest absolute Gasteiger partial charge is 0.454 e. The van der Waals surface area contributed by atoms with Gasteiger partial charge >= 0.3 is 0 Å². The summed E-state index contributed by atoms with van der Waals surface area (Å²) < 4.78 is 22.0. The minimum atomic E-state index is -0.0733.